The number of aryl methyl sites for hydroxylation is 1. The first-order valence-electron chi connectivity index (χ1n) is 11.0. The lowest BCUT2D eigenvalue weighted by Crippen LogP contribution is -2.43. The number of hydrogen-bond acceptors (Lipinski definition) is 7. The summed E-state index contributed by atoms with van der Waals surface area (Å²) < 4.78 is 35.3. The van der Waals surface area contributed by atoms with Crippen molar-refractivity contribution in [1.82, 2.24) is 19.2 Å². The summed E-state index contributed by atoms with van der Waals surface area (Å²) >= 11 is 1.19. The number of carbonyl (C=O) groups is 1. The predicted octanol–water partition coefficient (Wildman–Crippen LogP) is 1.73. The maximum Gasteiger partial charge on any atom is 0.263 e. The largest absolute Gasteiger partial charge is 0.376 e. The highest BCUT2D eigenvalue weighted by Gasteiger charge is 2.35. The van der Waals surface area contributed by atoms with Crippen LogP contribution in [0.1, 0.15) is 38.0 Å². The molecule has 4 rings (SSSR count). The van der Waals surface area contributed by atoms with Crippen LogP contribution < -0.4 is 10.9 Å². The number of rotatable bonds is 6. The first-order chi connectivity index (χ1) is 15.2. The molecule has 32 heavy (non-hydrogen) atoms. The highest BCUT2D eigenvalue weighted by Crippen LogP contribution is 2.35. The number of hydrogen-bond donors (Lipinski definition) is 1. The Bertz CT molecular complexity index is 1160. The number of nitrogens with one attached hydrogen (secondary N) is 1. The van der Waals surface area contributed by atoms with E-state index in [1.807, 2.05) is 13.8 Å². The maximum absolute atomic E-state index is 13.6. The smallest absolute Gasteiger partial charge is 0.263 e. The third-order valence-corrected chi connectivity index (χ3v) is 9.24. The molecule has 0 aliphatic carbocycles. The van der Waals surface area contributed by atoms with Crippen LogP contribution in [0.2, 0.25) is 0 Å². The minimum Gasteiger partial charge on any atom is -0.376 e. The number of aromatic nitrogens is 2. The Morgan fingerprint density at radius 2 is 2.03 bits per heavy atom. The van der Waals surface area contributed by atoms with Crippen molar-refractivity contribution >= 4 is 37.5 Å². The fraction of sp³-hybridized carbons (Fsp3) is 0.667. The first kappa shape index (κ1) is 23.3. The van der Waals surface area contributed by atoms with Crippen LogP contribution in [0.5, 0.6) is 0 Å². The molecular formula is C21H30N4O5S2. The standard InChI is InChI=1S/C21H30N4O5S2/c1-13-7-14(2)10-25(9-13)32(28,29)19-15(3)31-20-18(19)21(27)24(12-23-20)11-17(26)22-8-16-5-4-6-30-16/h12-14,16H,4-11H2,1-3H3,(H,22,26). The average Bonchev–Trinajstić information content (AvgIpc) is 3.35. The van der Waals surface area contributed by atoms with E-state index in [9.17, 15) is 18.0 Å². The molecule has 2 aliphatic rings. The normalized spacial score (nSPS) is 24.8. The van der Waals surface area contributed by atoms with Gasteiger partial charge < -0.3 is 10.1 Å². The van der Waals surface area contributed by atoms with Crippen molar-refractivity contribution in [2.75, 3.05) is 26.2 Å². The second-order valence-electron chi connectivity index (χ2n) is 9.05. The van der Waals surface area contributed by atoms with Crippen LogP contribution >= 0.6 is 11.3 Å². The number of piperidine rings is 1. The SMILES string of the molecule is Cc1sc2ncn(CC(=O)NCC3CCCO3)c(=O)c2c1S(=O)(=O)N1CC(C)CC(C)C1. The topological polar surface area (TPSA) is 111 Å². The Labute approximate surface area is 191 Å². The van der Waals surface area contributed by atoms with Gasteiger partial charge in [-0.3, -0.25) is 14.2 Å². The molecule has 0 bridgehead atoms. The second-order valence-corrected chi connectivity index (χ2v) is 12.1. The number of thiophene rings is 1. The number of ether oxygens (including phenoxy) is 1. The van der Waals surface area contributed by atoms with Crippen LogP contribution in [0.15, 0.2) is 16.0 Å². The molecule has 2 aromatic rings. The van der Waals surface area contributed by atoms with Gasteiger partial charge in [0.05, 0.1) is 17.8 Å². The van der Waals surface area contributed by atoms with Crippen LogP contribution in [-0.4, -0.2) is 60.5 Å². The number of sulfonamides is 1. The van der Waals surface area contributed by atoms with Crippen molar-refractivity contribution in [2.45, 2.75) is 57.6 Å². The molecule has 9 nitrogen and oxygen atoms in total. The number of amides is 1. The summed E-state index contributed by atoms with van der Waals surface area (Å²) in [5, 5.41) is 2.86. The predicted molar refractivity (Wildman–Crippen MR) is 122 cm³/mol. The molecular weight excluding hydrogens is 452 g/mol. The Balaban J connectivity index is 1.63. The zero-order valence-corrected chi connectivity index (χ0v) is 20.3. The molecule has 0 saturated carbocycles. The van der Waals surface area contributed by atoms with Crippen molar-refractivity contribution in [2.24, 2.45) is 11.8 Å². The monoisotopic (exact) mass is 482 g/mol. The molecule has 1 amide bonds. The van der Waals surface area contributed by atoms with Gasteiger partial charge in [0.1, 0.15) is 16.3 Å². The highest BCUT2D eigenvalue weighted by molar-refractivity contribution is 7.89. The number of fused-ring (bicyclic) bond motifs is 1. The minimum atomic E-state index is -3.86. The van der Waals surface area contributed by atoms with Gasteiger partial charge in [0.2, 0.25) is 15.9 Å². The molecule has 0 aromatic carbocycles. The molecule has 0 radical (unpaired) electrons. The molecule has 4 heterocycles. The van der Waals surface area contributed by atoms with Crippen molar-refractivity contribution in [1.29, 1.82) is 0 Å². The number of nitrogens with zero attached hydrogens (tertiary/aromatic N) is 3. The van der Waals surface area contributed by atoms with Crippen molar-refractivity contribution in [3.8, 4) is 0 Å². The summed E-state index contributed by atoms with van der Waals surface area (Å²) in [4.78, 5) is 30.9. The Hall–Kier alpha value is -1.82. The molecule has 3 atom stereocenters. The Morgan fingerprint density at radius 1 is 1.31 bits per heavy atom. The van der Waals surface area contributed by atoms with Gasteiger partial charge in [-0.05, 0) is 38.0 Å². The van der Waals surface area contributed by atoms with Gasteiger partial charge in [-0.25, -0.2) is 13.4 Å². The van der Waals surface area contributed by atoms with Gasteiger partial charge in [-0.15, -0.1) is 11.3 Å². The van der Waals surface area contributed by atoms with E-state index in [0.717, 1.165) is 19.3 Å². The van der Waals surface area contributed by atoms with Crippen LogP contribution in [0.4, 0.5) is 0 Å². The molecule has 2 saturated heterocycles. The van der Waals surface area contributed by atoms with Gasteiger partial charge in [0.15, 0.2) is 0 Å². The molecule has 2 aliphatic heterocycles. The number of carbonyl (C=O) groups excluding carboxylic acids is 1. The lowest BCUT2D eigenvalue weighted by Gasteiger charge is -2.34. The quantitative estimate of drug-likeness (QED) is 0.671. The van der Waals surface area contributed by atoms with E-state index < -0.39 is 15.6 Å². The third-order valence-electron chi connectivity index (χ3n) is 6.10. The summed E-state index contributed by atoms with van der Waals surface area (Å²) in [5.41, 5.74) is -0.511. The zero-order valence-electron chi connectivity index (χ0n) is 18.7. The van der Waals surface area contributed by atoms with E-state index in [4.69, 9.17) is 4.74 Å². The molecule has 1 N–H and O–H groups in total. The fourth-order valence-corrected chi connectivity index (χ4v) is 8.06. The van der Waals surface area contributed by atoms with Crippen LogP contribution in [0.3, 0.4) is 0 Å². The zero-order chi connectivity index (χ0) is 23.0. The highest BCUT2D eigenvalue weighted by atomic mass is 32.2. The summed E-state index contributed by atoms with van der Waals surface area (Å²) in [6, 6.07) is 0. The maximum atomic E-state index is 13.6. The summed E-state index contributed by atoms with van der Waals surface area (Å²) in [7, 11) is -3.86. The Kier molecular flexibility index (Phi) is 6.71. The molecule has 3 unspecified atom stereocenters. The van der Waals surface area contributed by atoms with Crippen molar-refractivity contribution in [3.63, 3.8) is 0 Å². The Morgan fingerprint density at radius 3 is 2.69 bits per heavy atom. The molecule has 0 spiro atoms. The van der Waals surface area contributed by atoms with Gasteiger partial charge in [0.25, 0.3) is 5.56 Å². The van der Waals surface area contributed by atoms with E-state index in [0.29, 0.717) is 35.9 Å². The average molecular weight is 483 g/mol. The summed E-state index contributed by atoms with van der Waals surface area (Å²) in [6.45, 7) is 7.53. The lowest BCUT2D eigenvalue weighted by molar-refractivity contribution is -0.122. The molecule has 176 valence electrons. The summed E-state index contributed by atoms with van der Waals surface area (Å²) in [6.07, 6.45) is 4.17. The van der Waals surface area contributed by atoms with E-state index in [1.54, 1.807) is 6.92 Å². The molecule has 2 fully saturated rings. The summed E-state index contributed by atoms with van der Waals surface area (Å²) in [5.74, 6) is 0.168. The third kappa shape index (κ3) is 4.61. The fourth-order valence-electron chi connectivity index (χ4n) is 4.71. The van der Waals surface area contributed by atoms with Gasteiger partial charge >= 0.3 is 0 Å². The first-order valence-corrected chi connectivity index (χ1v) is 13.3. The van der Waals surface area contributed by atoms with Crippen molar-refractivity contribution < 1.29 is 17.9 Å². The van der Waals surface area contributed by atoms with Crippen molar-refractivity contribution in [3.05, 3.63) is 21.6 Å². The lowest BCUT2D eigenvalue weighted by atomic mass is 9.94. The molecule has 2 aromatic heterocycles. The van der Waals surface area contributed by atoms with Crippen LogP contribution in [0, 0.1) is 18.8 Å². The van der Waals surface area contributed by atoms with E-state index in [-0.39, 0.29) is 40.7 Å². The van der Waals surface area contributed by atoms with Gasteiger partial charge in [0, 0.05) is 31.1 Å². The second kappa shape index (κ2) is 9.20. The van der Waals surface area contributed by atoms with E-state index >= 15 is 0 Å². The van der Waals surface area contributed by atoms with Crippen LogP contribution in [0.25, 0.3) is 10.2 Å². The van der Waals surface area contributed by atoms with Gasteiger partial charge in [-0.1, -0.05) is 13.8 Å². The van der Waals surface area contributed by atoms with E-state index in [1.165, 1.54) is 26.5 Å². The molecule has 11 heteroatoms. The van der Waals surface area contributed by atoms with E-state index in [2.05, 4.69) is 10.3 Å². The van der Waals surface area contributed by atoms with Gasteiger partial charge in [-0.2, -0.15) is 4.31 Å². The van der Waals surface area contributed by atoms with Crippen LogP contribution in [-0.2, 0) is 26.1 Å². The minimum absolute atomic E-state index is 0.00173.